The third-order valence-corrected chi connectivity index (χ3v) is 3.18. The molecule has 0 aliphatic heterocycles. The number of benzene rings is 2. The first-order valence-electron chi connectivity index (χ1n) is 7.45. The van der Waals surface area contributed by atoms with Gasteiger partial charge in [-0.1, -0.05) is 42.5 Å². The summed E-state index contributed by atoms with van der Waals surface area (Å²) < 4.78 is 5.25. The first-order chi connectivity index (χ1) is 10.9. The maximum absolute atomic E-state index is 11.8. The number of amides is 1. The molecule has 1 N–H and O–H groups in total. The molecular formula is C19H20N2O2. The SMILES string of the molecule is CC(C)(C)OC(=O)NCc1ccccc1-c1ccccc1C#N. The molecule has 0 atom stereocenters. The molecule has 4 heteroatoms. The summed E-state index contributed by atoms with van der Waals surface area (Å²) in [5.41, 5.74) is 2.80. The van der Waals surface area contributed by atoms with E-state index in [1.165, 1.54) is 0 Å². The van der Waals surface area contributed by atoms with Crippen LogP contribution in [0.1, 0.15) is 31.9 Å². The van der Waals surface area contributed by atoms with Gasteiger partial charge >= 0.3 is 6.09 Å². The molecule has 0 saturated heterocycles. The Bertz CT molecular complexity index is 740. The van der Waals surface area contributed by atoms with E-state index < -0.39 is 11.7 Å². The van der Waals surface area contributed by atoms with Crippen molar-refractivity contribution >= 4 is 6.09 Å². The lowest BCUT2D eigenvalue weighted by atomic mass is 9.96. The van der Waals surface area contributed by atoms with E-state index in [-0.39, 0.29) is 0 Å². The fourth-order valence-corrected chi connectivity index (χ4v) is 2.23. The van der Waals surface area contributed by atoms with Gasteiger partial charge in [-0.2, -0.15) is 5.26 Å². The highest BCUT2D eigenvalue weighted by molar-refractivity contribution is 5.74. The molecule has 0 aliphatic carbocycles. The maximum Gasteiger partial charge on any atom is 0.407 e. The molecule has 0 saturated carbocycles. The van der Waals surface area contributed by atoms with Gasteiger partial charge in [-0.05, 0) is 43.5 Å². The Morgan fingerprint density at radius 3 is 2.35 bits per heavy atom. The Morgan fingerprint density at radius 2 is 1.70 bits per heavy atom. The van der Waals surface area contributed by atoms with Crippen molar-refractivity contribution in [3.63, 3.8) is 0 Å². The van der Waals surface area contributed by atoms with Crippen molar-refractivity contribution in [2.24, 2.45) is 0 Å². The standard InChI is InChI=1S/C19H20N2O2/c1-19(2,3)23-18(22)21-13-15-9-5-7-11-17(15)16-10-6-4-8-14(16)12-20/h4-11H,13H2,1-3H3,(H,21,22). The van der Waals surface area contributed by atoms with Gasteiger partial charge in [0.1, 0.15) is 5.60 Å². The predicted molar refractivity (Wildman–Crippen MR) is 89.7 cm³/mol. The summed E-state index contributed by atoms with van der Waals surface area (Å²) in [5, 5.41) is 12.0. The Kier molecular flexibility index (Phi) is 5.02. The lowest BCUT2D eigenvalue weighted by Crippen LogP contribution is -2.32. The highest BCUT2D eigenvalue weighted by Gasteiger charge is 2.16. The van der Waals surface area contributed by atoms with Crippen molar-refractivity contribution in [2.75, 3.05) is 0 Å². The van der Waals surface area contributed by atoms with Crippen LogP contribution in [0, 0.1) is 11.3 Å². The van der Waals surface area contributed by atoms with Gasteiger partial charge in [0.2, 0.25) is 0 Å². The molecule has 0 fully saturated rings. The molecule has 4 nitrogen and oxygen atoms in total. The number of hydrogen-bond acceptors (Lipinski definition) is 3. The Hall–Kier alpha value is -2.80. The molecule has 23 heavy (non-hydrogen) atoms. The van der Waals surface area contributed by atoms with Crippen LogP contribution in [0.15, 0.2) is 48.5 Å². The monoisotopic (exact) mass is 308 g/mol. The first-order valence-corrected chi connectivity index (χ1v) is 7.45. The van der Waals surface area contributed by atoms with Crippen LogP contribution in [0.5, 0.6) is 0 Å². The van der Waals surface area contributed by atoms with Gasteiger partial charge in [-0.25, -0.2) is 4.79 Å². The van der Waals surface area contributed by atoms with E-state index in [2.05, 4.69) is 11.4 Å². The number of ether oxygens (including phenoxy) is 1. The van der Waals surface area contributed by atoms with Crippen LogP contribution in [0.2, 0.25) is 0 Å². The maximum atomic E-state index is 11.8. The van der Waals surface area contributed by atoms with Crippen molar-refractivity contribution in [2.45, 2.75) is 32.9 Å². The van der Waals surface area contributed by atoms with Gasteiger partial charge in [0, 0.05) is 6.54 Å². The summed E-state index contributed by atoms with van der Waals surface area (Å²) in [6.45, 7) is 5.81. The van der Waals surface area contributed by atoms with Crippen molar-refractivity contribution in [3.8, 4) is 17.2 Å². The lowest BCUT2D eigenvalue weighted by Gasteiger charge is -2.20. The zero-order chi connectivity index (χ0) is 16.9. The van der Waals surface area contributed by atoms with Crippen LogP contribution in [-0.2, 0) is 11.3 Å². The Labute approximate surface area is 136 Å². The predicted octanol–water partition coefficient (Wildman–Crippen LogP) is 4.25. The normalized spacial score (nSPS) is 10.7. The highest BCUT2D eigenvalue weighted by atomic mass is 16.6. The topological polar surface area (TPSA) is 62.1 Å². The van der Waals surface area contributed by atoms with Crippen molar-refractivity contribution in [1.82, 2.24) is 5.32 Å². The second-order valence-corrected chi connectivity index (χ2v) is 6.17. The molecular weight excluding hydrogens is 288 g/mol. The largest absolute Gasteiger partial charge is 0.444 e. The van der Waals surface area contributed by atoms with Crippen molar-refractivity contribution in [3.05, 3.63) is 59.7 Å². The molecule has 118 valence electrons. The van der Waals surface area contributed by atoms with Crippen LogP contribution in [0.25, 0.3) is 11.1 Å². The second-order valence-electron chi connectivity index (χ2n) is 6.17. The van der Waals surface area contributed by atoms with Crippen molar-refractivity contribution in [1.29, 1.82) is 5.26 Å². The number of nitrogens with one attached hydrogen (secondary N) is 1. The van der Waals surface area contributed by atoms with Crippen LogP contribution in [0.4, 0.5) is 4.79 Å². The molecule has 2 aromatic rings. The summed E-state index contributed by atoms with van der Waals surface area (Å²) in [6.07, 6.45) is -0.458. The Morgan fingerprint density at radius 1 is 1.09 bits per heavy atom. The zero-order valence-corrected chi connectivity index (χ0v) is 13.6. The van der Waals surface area contributed by atoms with Gasteiger partial charge in [-0.15, -0.1) is 0 Å². The van der Waals surface area contributed by atoms with E-state index in [1.54, 1.807) is 6.07 Å². The zero-order valence-electron chi connectivity index (χ0n) is 13.6. The third-order valence-electron chi connectivity index (χ3n) is 3.18. The summed E-state index contributed by atoms with van der Waals surface area (Å²) in [7, 11) is 0. The average molecular weight is 308 g/mol. The van der Waals surface area contributed by atoms with E-state index in [0.717, 1.165) is 16.7 Å². The summed E-state index contributed by atoms with van der Waals surface area (Å²) in [6, 6.07) is 17.3. The summed E-state index contributed by atoms with van der Waals surface area (Å²) in [5.74, 6) is 0. The van der Waals surface area contributed by atoms with Gasteiger partial charge in [0.15, 0.2) is 0 Å². The molecule has 0 heterocycles. The number of carbonyl (C=O) groups is 1. The van der Waals surface area contributed by atoms with Gasteiger partial charge in [-0.3, -0.25) is 0 Å². The smallest absolute Gasteiger partial charge is 0.407 e. The minimum absolute atomic E-state index is 0.338. The Balaban J connectivity index is 2.22. The quantitative estimate of drug-likeness (QED) is 0.922. The molecule has 1 amide bonds. The minimum Gasteiger partial charge on any atom is -0.444 e. The summed E-state index contributed by atoms with van der Waals surface area (Å²) in [4.78, 5) is 11.8. The van der Waals surface area contributed by atoms with E-state index in [0.29, 0.717) is 12.1 Å². The molecule has 0 bridgehead atoms. The number of carbonyl (C=O) groups excluding carboxylic acids is 1. The van der Waals surface area contributed by atoms with Gasteiger partial charge in [0.05, 0.1) is 11.6 Å². The molecule has 2 rings (SSSR count). The molecule has 2 aromatic carbocycles. The number of hydrogen-bond donors (Lipinski definition) is 1. The third kappa shape index (κ3) is 4.58. The van der Waals surface area contributed by atoms with Crippen LogP contribution < -0.4 is 5.32 Å². The van der Waals surface area contributed by atoms with E-state index in [9.17, 15) is 10.1 Å². The molecule has 0 radical (unpaired) electrons. The van der Waals surface area contributed by atoms with Gasteiger partial charge < -0.3 is 10.1 Å². The van der Waals surface area contributed by atoms with E-state index in [1.807, 2.05) is 63.2 Å². The first kappa shape index (κ1) is 16.6. The average Bonchev–Trinajstić information content (AvgIpc) is 2.51. The fraction of sp³-hybridized carbons (Fsp3) is 0.263. The number of nitrogens with zero attached hydrogens (tertiary/aromatic N) is 1. The van der Waals surface area contributed by atoms with E-state index in [4.69, 9.17) is 4.74 Å². The van der Waals surface area contributed by atoms with Crippen LogP contribution >= 0.6 is 0 Å². The molecule has 0 unspecified atom stereocenters. The van der Waals surface area contributed by atoms with Gasteiger partial charge in [0.25, 0.3) is 0 Å². The fourth-order valence-electron chi connectivity index (χ4n) is 2.23. The highest BCUT2D eigenvalue weighted by Crippen LogP contribution is 2.26. The van der Waals surface area contributed by atoms with Crippen molar-refractivity contribution < 1.29 is 9.53 Å². The molecule has 0 aliphatic rings. The number of nitriles is 1. The summed E-state index contributed by atoms with van der Waals surface area (Å²) >= 11 is 0. The second kappa shape index (κ2) is 6.97. The molecule has 0 aromatic heterocycles. The number of rotatable bonds is 3. The molecule has 0 spiro atoms. The minimum atomic E-state index is -0.531. The number of alkyl carbamates (subject to hydrolysis) is 1. The van der Waals surface area contributed by atoms with E-state index >= 15 is 0 Å². The lowest BCUT2D eigenvalue weighted by molar-refractivity contribution is 0.0523. The van der Waals surface area contributed by atoms with Crippen LogP contribution in [0.3, 0.4) is 0 Å². The van der Waals surface area contributed by atoms with Crippen LogP contribution in [-0.4, -0.2) is 11.7 Å².